The number of nitrogens with one attached hydrogen (secondary N) is 1. The van der Waals surface area contributed by atoms with Gasteiger partial charge in [-0.1, -0.05) is 20.8 Å². The first-order chi connectivity index (χ1) is 6.74. The zero-order chi connectivity index (χ0) is 10.4. The monoisotopic (exact) mass is 215 g/mol. The van der Waals surface area contributed by atoms with Gasteiger partial charge in [0, 0.05) is 12.2 Å². The number of rotatable bonds is 6. The molecule has 0 aromatic heterocycles. The van der Waals surface area contributed by atoms with Gasteiger partial charge in [0.15, 0.2) is 0 Å². The minimum Gasteiger partial charge on any atom is -0.496 e. The molecule has 1 N–H and O–H groups in total. The van der Waals surface area contributed by atoms with Gasteiger partial charge in [-0.3, -0.25) is 0 Å². The lowest BCUT2D eigenvalue weighted by Crippen LogP contribution is -2.33. The van der Waals surface area contributed by atoms with Crippen LogP contribution >= 0.6 is 11.8 Å². The Morgan fingerprint density at radius 1 is 1.57 bits per heavy atom. The smallest absolute Gasteiger partial charge is 0.110 e. The molecule has 0 amide bonds. The van der Waals surface area contributed by atoms with Gasteiger partial charge >= 0.3 is 0 Å². The van der Waals surface area contributed by atoms with Gasteiger partial charge in [-0.15, -0.1) is 0 Å². The summed E-state index contributed by atoms with van der Waals surface area (Å²) >= 11 is 1.98. The topological polar surface area (TPSA) is 21.3 Å². The van der Waals surface area contributed by atoms with Crippen molar-refractivity contribution in [3.63, 3.8) is 0 Å². The second kappa shape index (κ2) is 6.36. The van der Waals surface area contributed by atoms with Crippen molar-refractivity contribution in [3.05, 3.63) is 11.8 Å². The van der Waals surface area contributed by atoms with E-state index in [2.05, 4.69) is 32.2 Å². The summed E-state index contributed by atoms with van der Waals surface area (Å²) in [5, 5.41) is 4.16. The van der Waals surface area contributed by atoms with Gasteiger partial charge in [-0.2, -0.15) is 11.8 Å². The molecule has 1 unspecified atom stereocenters. The van der Waals surface area contributed by atoms with Gasteiger partial charge in [0.1, 0.15) is 5.76 Å². The number of thioether (sulfide) groups is 1. The molecule has 1 aliphatic heterocycles. The van der Waals surface area contributed by atoms with Gasteiger partial charge in [-0.25, -0.2) is 0 Å². The highest BCUT2D eigenvalue weighted by molar-refractivity contribution is 7.99. The van der Waals surface area contributed by atoms with E-state index >= 15 is 0 Å². The third kappa shape index (κ3) is 3.93. The highest BCUT2D eigenvalue weighted by atomic mass is 32.2. The lowest BCUT2D eigenvalue weighted by Gasteiger charge is -2.19. The van der Waals surface area contributed by atoms with Crippen molar-refractivity contribution in [2.24, 2.45) is 0 Å². The van der Waals surface area contributed by atoms with Gasteiger partial charge in [0.2, 0.25) is 0 Å². The van der Waals surface area contributed by atoms with Crippen LogP contribution in [0.5, 0.6) is 0 Å². The number of hydrogen-bond acceptors (Lipinski definition) is 3. The van der Waals surface area contributed by atoms with E-state index in [9.17, 15) is 0 Å². The average molecular weight is 215 g/mol. The Balaban J connectivity index is 2.37. The van der Waals surface area contributed by atoms with Crippen molar-refractivity contribution in [1.82, 2.24) is 5.32 Å². The van der Waals surface area contributed by atoms with E-state index in [-0.39, 0.29) is 0 Å². The number of ether oxygens (including phenoxy) is 1. The highest BCUT2D eigenvalue weighted by Gasteiger charge is 2.18. The zero-order valence-corrected chi connectivity index (χ0v) is 10.2. The summed E-state index contributed by atoms with van der Waals surface area (Å²) < 4.78 is 5.59. The van der Waals surface area contributed by atoms with Crippen LogP contribution < -0.4 is 5.32 Å². The fourth-order valence-electron chi connectivity index (χ4n) is 1.46. The predicted octanol–water partition coefficient (Wildman–Crippen LogP) is 2.41. The number of hydrogen-bond donors (Lipinski definition) is 1. The first-order valence-electron chi connectivity index (χ1n) is 5.42. The molecule has 1 heterocycles. The molecule has 0 bridgehead atoms. The van der Waals surface area contributed by atoms with E-state index in [1.54, 1.807) is 0 Å². The third-order valence-corrected chi connectivity index (χ3v) is 3.31. The molecular formula is C11H21NOS. The largest absolute Gasteiger partial charge is 0.496 e. The lowest BCUT2D eigenvalue weighted by atomic mass is 10.2. The first-order valence-corrected chi connectivity index (χ1v) is 6.46. The summed E-state index contributed by atoms with van der Waals surface area (Å²) in [5.74, 6) is 2.26. The first kappa shape index (κ1) is 11.9. The molecule has 0 aliphatic carbocycles. The fourth-order valence-corrected chi connectivity index (χ4v) is 2.32. The van der Waals surface area contributed by atoms with E-state index in [1.165, 1.54) is 0 Å². The maximum atomic E-state index is 5.59. The van der Waals surface area contributed by atoms with Gasteiger partial charge in [0.05, 0.1) is 12.6 Å². The quantitative estimate of drug-likeness (QED) is 0.735. The van der Waals surface area contributed by atoms with Gasteiger partial charge in [-0.05, 0) is 17.9 Å². The Labute approximate surface area is 91.5 Å². The molecule has 1 atom stereocenters. The maximum Gasteiger partial charge on any atom is 0.110 e. The Bertz CT molecular complexity index is 192. The van der Waals surface area contributed by atoms with E-state index in [4.69, 9.17) is 4.74 Å². The van der Waals surface area contributed by atoms with Crippen LogP contribution in [-0.2, 0) is 4.74 Å². The van der Waals surface area contributed by atoms with E-state index in [1.807, 2.05) is 11.8 Å². The van der Waals surface area contributed by atoms with Crippen molar-refractivity contribution in [3.8, 4) is 0 Å². The Hall–Kier alpha value is -0.150. The minimum absolute atomic E-state index is 0.412. The highest BCUT2D eigenvalue weighted by Crippen LogP contribution is 2.19. The van der Waals surface area contributed by atoms with Crippen LogP contribution in [-0.4, -0.2) is 30.2 Å². The van der Waals surface area contributed by atoms with E-state index in [0.717, 1.165) is 31.1 Å². The van der Waals surface area contributed by atoms with Crippen molar-refractivity contribution >= 4 is 11.8 Å². The molecule has 0 fully saturated rings. The summed E-state index contributed by atoms with van der Waals surface area (Å²) in [6, 6.07) is 0.412. The molecule has 0 aromatic carbocycles. The van der Waals surface area contributed by atoms with Crippen LogP contribution in [0.15, 0.2) is 11.8 Å². The summed E-state index contributed by atoms with van der Waals surface area (Å²) in [5.41, 5.74) is 0. The second-order valence-corrected chi connectivity index (χ2v) is 5.35. The molecule has 2 nitrogen and oxygen atoms in total. The summed E-state index contributed by atoms with van der Waals surface area (Å²) in [6.07, 6.45) is 3.29. The van der Waals surface area contributed by atoms with Crippen molar-refractivity contribution < 1.29 is 4.74 Å². The second-order valence-electron chi connectivity index (χ2n) is 3.74. The number of likely N-dealkylation sites (N-methyl/N-ethyl adjacent to an activating group) is 1. The van der Waals surface area contributed by atoms with Crippen LogP contribution in [0.1, 0.15) is 27.2 Å². The standard InChI is InChI=1S/C11H21NOS/c1-4-12-10(8-14-9(2)3)11-6-5-7-13-11/h6,9-10,12H,4-5,7-8H2,1-3H3. The van der Waals surface area contributed by atoms with E-state index in [0.29, 0.717) is 11.3 Å². The van der Waals surface area contributed by atoms with Crippen LogP contribution in [0, 0.1) is 0 Å². The maximum absolute atomic E-state index is 5.59. The summed E-state index contributed by atoms with van der Waals surface area (Å²) in [6.45, 7) is 8.48. The van der Waals surface area contributed by atoms with Crippen LogP contribution in [0.25, 0.3) is 0 Å². The zero-order valence-electron chi connectivity index (χ0n) is 9.38. The van der Waals surface area contributed by atoms with Crippen molar-refractivity contribution in [2.45, 2.75) is 38.5 Å². The fraction of sp³-hybridized carbons (Fsp3) is 0.818. The van der Waals surface area contributed by atoms with Gasteiger partial charge < -0.3 is 10.1 Å². The Morgan fingerprint density at radius 2 is 2.36 bits per heavy atom. The van der Waals surface area contributed by atoms with Crippen LogP contribution in [0.3, 0.4) is 0 Å². The van der Waals surface area contributed by atoms with Crippen LogP contribution in [0.4, 0.5) is 0 Å². The summed E-state index contributed by atoms with van der Waals surface area (Å²) in [4.78, 5) is 0. The molecule has 0 aromatic rings. The van der Waals surface area contributed by atoms with Crippen molar-refractivity contribution in [2.75, 3.05) is 18.9 Å². The van der Waals surface area contributed by atoms with E-state index < -0.39 is 0 Å². The molecule has 0 saturated carbocycles. The third-order valence-electron chi connectivity index (χ3n) is 2.12. The van der Waals surface area contributed by atoms with Crippen LogP contribution in [0.2, 0.25) is 0 Å². The molecule has 14 heavy (non-hydrogen) atoms. The molecule has 3 heteroatoms. The molecule has 1 rings (SSSR count). The molecule has 0 saturated heterocycles. The molecule has 82 valence electrons. The molecule has 1 aliphatic rings. The molecular weight excluding hydrogens is 194 g/mol. The lowest BCUT2D eigenvalue weighted by molar-refractivity contribution is 0.220. The molecule has 0 radical (unpaired) electrons. The normalized spacial score (nSPS) is 18.1. The summed E-state index contributed by atoms with van der Waals surface area (Å²) in [7, 11) is 0. The predicted molar refractivity (Wildman–Crippen MR) is 63.7 cm³/mol. The molecule has 0 spiro atoms. The Kier molecular flexibility index (Phi) is 5.41. The van der Waals surface area contributed by atoms with Crippen molar-refractivity contribution in [1.29, 1.82) is 0 Å². The average Bonchev–Trinajstić information content (AvgIpc) is 2.64. The Morgan fingerprint density at radius 3 is 2.86 bits per heavy atom. The van der Waals surface area contributed by atoms with Gasteiger partial charge in [0.25, 0.3) is 0 Å². The SMILES string of the molecule is CCNC(CSC(C)C)C1=CCCO1. The minimum atomic E-state index is 0.412.